The van der Waals surface area contributed by atoms with Gasteiger partial charge in [0.05, 0.1) is 21.3 Å². The quantitative estimate of drug-likeness (QED) is 0.930. The first-order chi connectivity index (χ1) is 8.53. The third kappa shape index (κ3) is 4.28. The predicted octanol–water partition coefficient (Wildman–Crippen LogP) is 3.21. The molecule has 0 aliphatic heterocycles. The molecule has 0 amide bonds. The fourth-order valence-electron chi connectivity index (χ4n) is 1.42. The molecule has 0 radical (unpaired) electrons. The van der Waals surface area contributed by atoms with E-state index in [0.717, 1.165) is 6.20 Å². The van der Waals surface area contributed by atoms with Crippen LogP contribution in [0, 0.1) is 0 Å². The first kappa shape index (κ1) is 16.1. The van der Waals surface area contributed by atoms with Gasteiger partial charge in [-0.15, -0.1) is 0 Å². The van der Waals surface area contributed by atoms with Gasteiger partial charge >= 0.3 is 6.18 Å². The summed E-state index contributed by atoms with van der Waals surface area (Å²) in [5, 5.41) is 0. The van der Waals surface area contributed by atoms with E-state index in [4.69, 9.17) is 0 Å². The van der Waals surface area contributed by atoms with Crippen molar-refractivity contribution >= 4 is 11.0 Å². The molecule has 1 N–H and O–H groups in total. The maximum Gasteiger partial charge on any atom is 0.418 e. The molecule has 0 saturated heterocycles. The van der Waals surface area contributed by atoms with E-state index in [9.17, 15) is 17.4 Å². The van der Waals surface area contributed by atoms with Crippen LogP contribution in [0.4, 0.5) is 13.2 Å². The topological polar surface area (TPSA) is 42.0 Å². The molecule has 19 heavy (non-hydrogen) atoms. The highest BCUT2D eigenvalue weighted by molar-refractivity contribution is 7.84. The van der Waals surface area contributed by atoms with E-state index in [1.54, 1.807) is 27.7 Å². The van der Waals surface area contributed by atoms with Crippen LogP contribution in [0.25, 0.3) is 0 Å². The van der Waals surface area contributed by atoms with Crippen LogP contribution >= 0.6 is 0 Å². The minimum absolute atomic E-state index is 0.0418. The lowest BCUT2D eigenvalue weighted by atomic mass is 10.0. The van der Waals surface area contributed by atoms with Gasteiger partial charge in [-0.1, -0.05) is 0 Å². The number of rotatable bonds is 3. The number of hydrogen-bond acceptors (Lipinski definition) is 2. The summed E-state index contributed by atoms with van der Waals surface area (Å²) in [6.45, 7) is 6.80. The van der Waals surface area contributed by atoms with Gasteiger partial charge in [0.25, 0.3) is 0 Å². The molecule has 0 aliphatic rings. The summed E-state index contributed by atoms with van der Waals surface area (Å²) in [7, 11) is -1.44. The molecule has 1 aromatic rings. The fraction of sp³-hybridized carbons (Fsp3) is 0.583. The molecule has 1 rings (SSSR count). The van der Waals surface area contributed by atoms with Gasteiger partial charge in [-0.05, 0) is 39.3 Å². The van der Waals surface area contributed by atoms with Crippen molar-refractivity contribution in [2.45, 2.75) is 44.7 Å². The van der Waals surface area contributed by atoms with Crippen molar-refractivity contribution < 1.29 is 17.4 Å². The van der Waals surface area contributed by atoms with Crippen LogP contribution in [0.3, 0.4) is 0 Å². The van der Waals surface area contributed by atoms with Crippen LogP contribution in [-0.4, -0.2) is 13.9 Å². The van der Waals surface area contributed by atoms with E-state index >= 15 is 0 Å². The van der Waals surface area contributed by atoms with Crippen molar-refractivity contribution in [3.05, 3.63) is 29.6 Å². The number of pyridine rings is 1. The summed E-state index contributed by atoms with van der Waals surface area (Å²) in [5.41, 5.74) is -0.763. The fourth-order valence-corrected chi connectivity index (χ4v) is 2.22. The van der Waals surface area contributed by atoms with Crippen LogP contribution in [0.15, 0.2) is 18.5 Å². The van der Waals surface area contributed by atoms with Gasteiger partial charge in [-0.3, -0.25) is 4.98 Å². The molecule has 0 aromatic carbocycles. The summed E-state index contributed by atoms with van der Waals surface area (Å²) in [5.74, 6) is 0. The van der Waals surface area contributed by atoms with Crippen LogP contribution in [0.5, 0.6) is 0 Å². The Morgan fingerprint density at radius 1 is 1.32 bits per heavy atom. The summed E-state index contributed by atoms with van der Waals surface area (Å²) in [6.07, 6.45) is -2.39. The Balaban J connectivity index is 3.01. The van der Waals surface area contributed by atoms with E-state index in [1.807, 2.05) is 0 Å². The largest absolute Gasteiger partial charge is 0.418 e. The van der Waals surface area contributed by atoms with Crippen molar-refractivity contribution in [2.75, 3.05) is 0 Å². The molecule has 1 unspecified atom stereocenters. The standard InChI is InChI=1S/C12H17F3N2OS/c1-8(17-19(18)11(2,3)4)9-5-6-16-7-10(9)12(13,14)15/h5-8,17H,1-4H3/t8-,19?/m0/s1. The minimum Gasteiger partial charge on any atom is -0.264 e. The molecule has 0 bridgehead atoms. The predicted molar refractivity (Wildman–Crippen MR) is 68.7 cm³/mol. The third-order valence-corrected chi connectivity index (χ3v) is 4.15. The molecule has 1 aromatic heterocycles. The second kappa shape index (κ2) is 5.58. The monoisotopic (exact) mass is 294 g/mol. The summed E-state index contributed by atoms with van der Waals surface area (Å²) in [4.78, 5) is 3.50. The highest BCUT2D eigenvalue weighted by atomic mass is 32.2. The summed E-state index contributed by atoms with van der Waals surface area (Å²) >= 11 is 0. The number of nitrogens with one attached hydrogen (secondary N) is 1. The Morgan fingerprint density at radius 3 is 2.37 bits per heavy atom. The smallest absolute Gasteiger partial charge is 0.264 e. The molecule has 3 nitrogen and oxygen atoms in total. The molecular weight excluding hydrogens is 277 g/mol. The lowest BCUT2D eigenvalue weighted by Gasteiger charge is -2.23. The number of hydrogen-bond donors (Lipinski definition) is 1. The molecule has 0 fully saturated rings. The van der Waals surface area contributed by atoms with Gasteiger partial charge in [0, 0.05) is 18.4 Å². The van der Waals surface area contributed by atoms with Crippen molar-refractivity contribution in [3.63, 3.8) is 0 Å². The van der Waals surface area contributed by atoms with Gasteiger partial charge in [0.2, 0.25) is 0 Å². The molecule has 7 heteroatoms. The van der Waals surface area contributed by atoms with Gasteiger partial charge in [0.15, 0.2) is 0 Å². The van der Waals surface area contributed by atoms with E-state index < -0.39 is 33.5 Å². The van der Waals surface area contributed by atoms with Crippen molar-refractivity contribution in [1.29, 1.82) is 0 Å². The lowest BCUT2D eigenvalue weighted by Crippen LogP contribution is -2.35. The number of halogens is 3. The SMILES string of the molecule is C[C@H](NS(=O)C(C)(C)C)c1ccncc1C(F)(F)F. The van der Waals surface area contributed by atoms with Gasteiger partial charge in [-0.25, -0.2) is 8.93 Å². The van der Waals surface area contributed by atoms with Crippen LogP contribution in [0.2, 0.25) is 0 Å². The Kier molecular flexibility index (Phi) is 4.73. The van der Waals surface area contributed by atoms with Crippen LogP contribution in [0.1, 0.15) is 44.9 Å². The van der Waals surface area contributed by atoms with Crippen molar-refractivity contribution in [1.82, 2.24) is 9.71 Å². The average Bonchev–Trinajstić information content (AvgIpc) is 2.26. The zero-order valence-electron chi connectivity index (χ0n) is 11.2. The van der Waals surface area contributed by atoms with Gasteiger partial charge in [0.1, 0.15) is 0 Å². The van der Waals surface area contributed by atoms with E-state index in [1.165, 1.54) is 12.3 Å². The normalized spacial score (nSPS) is 16.2. The van der Waals surface area contributed by atoms with E-state index in [-0.39, 0.29) is 5.56 Å². The first-order valence-electron chi connectivity index (χ1n) is 5.72. The average molecular weight is 294 g/mol. The second-order valence-corrected chi connectivity index (χ2v) is 7.18. The molecule has 108 valence electrons. The zero-order valence-corrected chi connectivity index (χ0v) is 12.0. The summed E-state index contributed by atoms with van der Waals surface area (Å²) < 4.78 is 52.6. The molecule has 2 atom stereocenters. The zero-order chi connectivity index (χ0) is 14.8. The molecular formula is C12H17F3N2OS. The van der Waals surface area contributed by atoms with Crippen molar-refractivity contribution in [3.8, 4) is 0 Å². The van der Waals surface area contributed by atoms with Gasteiger partial charge < -0.3 is 0 Å². The Hall–Kier alpha value is -0.950. The van der Waals surface area contributed by atoms with Crippen LogP contribution in [-0.2, 0) is 17.2 Å². The highest BCUT2D eigenvalue weighted by Crippen LogP contribution is 2.34. The Bertz CT molecular complexity index is 469. The first-order valence-corrected chi connectivity index (χ1v) is 6.87. The minimum atomic E-state index is -4.47. The molecule has 1 heterocycles. The molecule has 0 saturated carbocycles. The molecule has 0 aliphatic carbocycles. The third-order valence-electron chi connectivity index (χ3n) is 2.47. The number of aromatic nitrogens is 1. The maximum atomic E-state index is 12.8. The summed E-state index contributed by atoms with van der Waals surface area (Å²) in [6, 6.07) is 0.611. The Morgan fingerprint density at radius 2 is 1.89 bits per heavy atom. The number of nitrogens with zero attached hydrogens (tertiary/aromatic N) is 1. The lowest BCUT2D eigenvalue weighted by molar-refractivity contribution is -0.138. The van der Waals surface area contributed by atoms with E-state index in [2.05, 4.69) is 9.71 Å². The van der Waals surface area contributed by atoms with Crippen LogP contribution < -0.4 is 4.72 Å². The molecule has 0 spiro atoms. The van der Waals surface area contributed by atoms with E-state index in [0.29, 0.717) is 0 Å². The van der Waals surface area contributed by atoms with Crippen molar-refractivity contribution in [2.24, 2.45) is 0 Å². The van der Waals surface area contributed by atoms with Gasteiger partial charge in [-0.2, -0.15) is 13.2 Å². The Labute approximate surface area is 113 Å². The second-order valence-electron chi connectivity index (χ2n) is 5.18. The highest BCUT2D eigenvalue weighted by Gasteiger charge is 2.35. The number of alkyl halides is 3. The maximum absolute atomic E-state index is 12.8.